The van der Waals surface area contributed by atoms with Gasteiger partial charge in [-0.3, -0.25) is 9.59 Å². The molecule has 5 nitrogen and oxygen atoms in total. The van der Waals surface area contributed by atoms with Crippen LogP contribution < -0.4 is 10.6 Å². The molecule has 0 aromatic heterocycles. The largest absolute Gasteiger partial charge is 0.326 e. The minimum absolute atomic E-state index is 0.0216. The molecule has 0 unspecified atom stereocenters. The molecule has 0 bridgehead atoms. The van der Waals surface area contributed by atoms with Crippen molar-refractivity contribution in [3.8, 4) is 6.07 Å². The number of nitriles is 1. The monoisotopic (exact) mass is 345 g/mol. The van der Waals surface area contributed by atoms with Gasteiger partial charge in [-0.1, -0.05) is 32.0 Å². The van der Waals surface area contributed by atoms with Crippen molar-refractivity contribution < 1.29 is 9.59 Å². The van der Waals surface area contributed by atoms with Gasteiger partial charge in [0, 0.05) is 29.3 Å². The lowest BCUT2D eigenvalue weighted by Crippen LogP contribution is -2.32. The van der Waals surface area contributed by atoms with E-state index in [1.54, 1.807) is 36.4 Å². The first kappa shape index (κ1) is 17.4. The maximum atomic E-state index is 12.1. The minimum atomic E-state index is -0.268. The van der Waals surface area contributed by atoms with Crippen LogP contribution in [-0.2, 0) is 15.0 Å². The Morgan fingerprint density at radius 3 is 2.65 bits per heavy atom. The number of nitrogens with zero attached hydrogens (tertiary/aromatic N) is 1. The molecule has 2 aromatic carbocycles. The maximum absolute atomic E-state index is 12.1. The fourth-order valence-corrected chi connectivity index (χ4v) is 3.03. The lowest BCUT2D eigenvalue weighted by atomic mass is 9.78. The number of fused-ring (bicyclic) bond motifs is 1. The fourth-order valence-electron chi connectivity index (χ4n) is 3.03. The highest BCUT2D eigenvalue weighted by molar-refractivity contribution is 6.03. The molecular weight excluding hydrogens is 326 g/mol. The van der Waals surface area contributed by atoms with Crippen LogP contribution in [0.1, 0.15) is 37.0 Å². The van der Waals surface area contributed by atoms with Crippen LogP contribution in [0.4, 0.5) is 11.4 Å². The van der Waals surface area contributed by atoms with Crippen molar-refractivity contribution in [2.75, 3.05) is 10.6 Å². The average Bonchev–Trinajstić information content (AvgIpc) is 2.59. The van der Waals surface area contributed by atoms with Gasteiger partial charge in [-0.15, -0.1) is 0 Å². The minimum Gasteiger partial charge on any atom is -0.326 e. The summed E-state index contributed by atoms with van der Waals surface area (Å²) in [6.07, 6.45) is 3.56. The van der Waals surface area contributed by atoms with E-state index >= 15 is 0 Å². The summed E-state index contributed by atoms with van der Waals surface area (Å²) >= 11 is 0. The number of hydrogen-bond acceptors (Lipinski definition) is 3. The molecule has 0 saturated carbocycles. The van der Waals surface area contributed by atoms with Crippen LogP contribution in [0, 0.1) is 11.3 Å². The van der Waals surface area contributed by atoms with Gasteiger partial charge in [0.1, 0.15) is 0 Å². The summed E-state index contributed by atoms with van der Waals surface area (Å²) in [5.41, 5.74) is 3.60. The number of nitrogens with one attached hydrogen (secondary N) is 2. The second-order valence-corrected chi connectivity index (χ2v) is 6.93. The van der Waals surface area contributed by atoms with Gasteiger partial charge in [-0.2, -0.15) is 5.26 Å². The molecule has 0 radical (unpaired) electrons. The van der Waals surface area contributed by atoms with Crippen LogP contribution in [0.15, 0.2) is 48.5 Å². The van der Waals surface area contributed by atoms with Crippen LogP contribution in [0.2, 0.25) is 0 Å². The van der Waals surface area contributed by atoms with Crippen molar-refractivity contribution in [3.05, 3.63) is 65.2 Å². The van der Waals surface area contributed by atoms with E-state index in [-0.39, 0.29) is 17.2 Å². The van der Waals surface area contributed by atoms with Crippen LogP contribution in [0.25, 0.3) is 6.08 Å². The standard InChI is InChI=1S/C21H19N3O2/c1-21(2)12-20(26)24-18-11-16(8-9-17(18)21)23-19(25)10-7-14-3-5-15(13-22)6-4-14/h3-11H,12H2,1-2H3,(H,23,25)(H,24,26)/b10-7+. The quantitative estimate of drug-likeness (QED) is 0.830. The number of carbonyl (C=O) groups is 2. The predicted molar refractivity (Wildman–Crippen MR) is 102 cm³/mol. The Labute approximate surface area is 152 Å². The van der Waals surface area contributed by atoms with Gasteiger partial charge in [-0.25, -0.2) is 0 Å². The molecule has 0 atom stereocenters. The molecule has 3 rings (SSSR count). The predicted octanol–water partition coefficient (Wildman–Crippen LogP) is 3.83. The Morgan fingerprint density at radius 2 is 1.96 bits per heavy atom. The van der Waals surface area contributed by atoms with E-state index < -0.39 is 0 Å². The summed E-state index contributed by atoms with van der Waals surface area (Å²) in [5.74, 6) is -0.289. The molecule has 1 heterocycles. The van der Waals surface area contributed by atoms with Gasteiger partial charge in [0.05, 0.1) is 11.6 Å². The van der Waals surface area contributed by atoms with Gasteiger partial charge < -0.3 is 10.6 Å². The van der Waals surface area contributed by atoms with E-state index in [1.807, 2.05) is 26.0 Å². The lowest BCUT2D eigenvalue weighted by Gasteiger charge is -2.32. The van der Waals surface area contributed by atoms with E-state index in [0.717, 1.165) is 16.8 Å². The first-order valence-electron chi connectivity index (χ1n) is 8.31. The van der Waals surface area contributed by atoms with Crippen molar-refractivity contribution in [2.45, 2.75) is 25.7 Å². The van der Waals surface area contributed by atoms with Crippen molar-refractivity contribution in [1.82, 2.24) is 0 Å². The molecule has 0 spiro atoms. The van der Waals surface area contributed by atoms with E-state index in [0.29, 0.717) is 17.7 Å². The van der Waals surface area contributed by atoms with Crippen molar-refractivity contribution in [2.24, 2.45) is 0 Å². The lowest BCUT2D eigenvalue weighted by molar-refractivity contribution is -0.117. The number of carbonyl (C=O) groups excluding carboxylic acids is 2. The third kappa shape index (κ3) is 3.81. The van der Waals surface area contributed by atoms with Gasteiger partial charge in [0.15, 0.2) is 0 Å². The number of anilines is 2. The molecule has 2 N–H and O–H groups in total. The van der Waals surface area contributed by atoms with Crippen LogP contribution in [0.3, 0.4) is 0 Å². The fraction of sp³-hybridized carbons (Fsp3) is 0.190. The molecule has 26 heavy (non-hydrogen) atoms. The molecule has 1 aliphatic rings. The summed E-state index contributed by atoms with van der Waals surface area (Å²) in [5, 5.41) is 14.4. The summed E-state index contributed by atoms with van der Waals surface area (Å²) in [4.78, 5) is 24.0. The smallest absolute Gasteiger partial charge is 0.248 e. The van der Waals surface area contributed by atoms with Gasteiger partial charge >= 0.3 is 0 Å². The number of rotatable bonds is 3. The van der Waals surface area contributed by atoms with E-state index in [2.05, 4.69) is 16.7 Å². The van der Waals surface area contributed by atoms with Gasteiger partial charge in [0.2, 0.25) is 11.8 Å². The summed E-state index contributed by atoms with van der Waals surface area (Å²) < 4.78 is 0. The Bertz CT molecular complexity index is 935. The van der Waals surface area contributed by atoms with Crippen molar-refractivity contribution in [3.63, 3.8) is 0 Å². The highest BCUT2D eigenvalue weighted by Crippen LogP contribution is 2.38. The highest BCUT2D eigenvalue weighted by Gasteiger charge is 2.31. The van der Waals surface area contributed by atoms with E-state index in [4.69, 9.17) is 5.26 Å². The van der Waals surface area contributed by atoms with Crippen LogP contribution in [0.5, 0.6) is 0 Å². The first-order chi connectivity index (χ1) is 12.4. The van der Waals surface area contributed by atoms with Crippen LogP contribution in [-0.4, -0.2) is 11.8 Å². The second-order valence-electron chi connectivity index (χ2n) is 6.93. The average molecular weight is 345 g/mol. The molecule has 0 fully saturated rings. The van der Waals surface area contributed by atoms with E-state index in [1.165, 1.54) is 6.08 Å². The normalized spacial score (nSPS) is 15.0. The Morgan fingerprint density at radius 1 is 1.23 bits per heavy atom. The third-order valence-corrected chi connectivity index (χ3v) is 4.36. The van der Waals surface area contributed by atoms with Crippen LogP contribution >= 0.6 is 0 Å². The Hall–Kier alpha value is -3.39. The molecule has 2 aromatic rings. The molecule has 2 amide bonds. The summed E-state index contributed by atoms with van der Waals surface area (Å²) in [7, 11) is 0. The zero-order valence-electron chi connectivity index (χ0n) is 14.7. The van der Waals surface area contributed by atoms with Gasteiger partial charge in [-0.05, 0) is 41.5 Å². The first-order valence-corrected chi connectivity index (χ1v) is 8.31. The third-order valence-electron chi connectivity index (χ3n) is 4.36. The molecule has 5 heteroatoms. The van der Waals surface area contributed by atoms with Crippen molar-refractivity contribution in [1.29, 1.82) is 5.26 Å². The topological polar surface area (TPSA) is 82.0 Å². The Balaban J connectivity index is 1.72. The number of hydrogen-bond donors (Lipinski definition) is 2. The molecular formula is C21H19N3O2. The summed E-state index contributed by atoms with van der Waals surface area (Å²) in [6.45, 7) is 4.06. The molecule has 0 aliphatic carbocycles. The molecule has 0 saturated heterocycles. The highest BCUT2D eigenvalue weighted by atomic mass is 16.2. The second kappa shape index (κ2) is 6.85. The molecule has 1 aliphatic heterocycles. The summed E-state index contributed by atoms with van der Waals surface area (Å²) in [6, 6.07) is 14.6. The molecule has 130 valence electrons. The number of amides is 2. The van der Waals surface area contributed by atoms with Crippen molar-refractivity contribution >= 4 is 29.3 Å². The Kier molecular flexibility index (Phi) is 4.59. The van der Waals surface area contributed by atoms with Gasteiger partial charge in [0.25, 0.3) is 0 Å². The number of benzene rings is 2. The zero-order valence-corrected chi connectivity index (χ0v) is 14.7. The van der Waals surface area contributed by atoms with E-state index in [9.17, 15) is 9.59 Å². The zero-order chi connectivity index (χ0) is 18.7. The maximum Gasteiger partial charge on any atom is 0.248 e. The SMILES string of the molecule is CC1(C)CC(=O)Nc2cc(NC(=O)/C=C/c3ccc(C#N)cc3)ccc21.